The SMILES string of the molecule is CCN(CCC#N)C(=O)c1ccc(C)cc1C#CCCO. The van der Waals surface area contributed by atoms with Gasteiger partial charge in [0.15, 0.2) is 0 Å². The summed E-state index contributed by atoms with van der Waals surface area (Å²) in [6, 6.07) is 7.58. The van der Waals surface area contributed by atoms with Crippen molar-refractivity contribution in [1.82, 2.24) is 4.90 Å². The van der Waals surface area contributed by atoms with Crippen LogP contribution in [0.3, 0.4) is 0 Å². The molecule has 0 atom stereocenters. The first-order valence-corrected chi connectivity index (χ1v) is 7.00. The summed E-state index contributed by atoms with van der Waals surface area (Å²) in [7, 11) is 0. The average molecular weight is 284 g/mol. The number of aliphatic hydroxyl groups is 1. The maximum Gasteiger partial charge on any atom is 0.255 e. The van der Waals surface area contributed by atoms with Crippen LogP contribution in [0.4, 0.5) is 0 Å². The molecule has 1 amide bonds. The predicted octanol–water partition coefficient (Wildman–Crippen LogP) is 2.10. The minimum absolute atomic E-state index is 0.00531. The molecule has 0 saturated carbocycles. The van der Waals surface area contributed by atoms with Gasteiger partial charge in [-0.05, 0) is 31.5 Å². The van der Waals surface area contributed by atoms with Gasteiger partial charge in [0.2, 0.25) is 0 Å². The van der Waals surface area contributed by atoms with Crippen LogP contribution in [0, 0.1) is 30.1 Å². The van der Waals surface area contributed by atoms with Crippen LogP contribution in [0.25, 0.3) is 0 Å². The van der Waals surface area contributed by atoms with Gasteiger partial charge in [-0.3, -0.25) is 4.79 Å². The number of rotatable bonds is 5. The Balaban J connectivity index is 3.08. The fraction of sp³-hybridized carbons (Fsp3) is 0.412. The molecule has 1 aromatic carbocycles. The Morgan fingerprint density at radius 3 is 2.76 bits per heavy atom. The maximum absolute atomic E-state index is 12.5. The third-order valence-corrected chi connectivity index (χ3v) is 3.03. The van der Waals surface area contributed by atoms with Crippen LogP contribution in [0.5, 0.6) is 0 Å². The van der Waals surface area contributed by atoms with Gasteiger partial charge in [0, 0.05) is 25.1 Å². The second-order valence-electron chi connectivity index (χ2n) is 4.62. The van der Waals surface area contributed by atoms with E-state index in [1.165, 1.54) is 0 Å². The van der Waals surface area contributed by atoms with Crippen LogP contribution in [0.1, 0.15) is 41.3 Å². The smallest absolute Gasteiger partial charge is 0.255 e. The number of amides is 1. The van der Waals surface area contributed by atoms with Crippen LogP contribution in [-0.2, 0) is 0 Å². The molecule has 110 valence electrons. The number of aliphatic hydroxyl groups excluding tert-OH is 1. The molecule has 1 rings (SSSR count). The number of aryl methyl sites for hydroxylation is 1. The molecule has 0 aliphatic heterocycles. The second-order valence-corrected chi connectivity index (χ2v) is 4.62. The van der Waals surface area contributed by atoms with E-state index < -0.39 is 0 Å². The lowest BCUT2D eigenvalue weighted by Crippen LogP contribution is -2.32. The molecule has 21 heavy (non-hydrogen) atoms. The van der Waals surface area contributed by atoms with Crippen molar-refractivity contribution < 1.29 is 9.90 Å². The Morgan fingerprint density at radius 2 is 2.14 bits per heavy atom. The molecule has 0 unspecified atom stereocenters. The summed E-state index contributed by atoms with van der Waals surface area (Å²) >= 11 is 0. The minimum Gasteiger partial charge on any atom is -0.395 e. The molecule has 0 fully saturated rings. The maximum atomic E-state index is 12.5. The first-order chi connectivity index (χ1) is 10.1. The molecular weight excluding hydrogens is 264 g/mol. The Bertz CT molecular complexity index is 591. The molecule has 0 heterocycles. The molecular formula is C17H20N2O2. The molecule has 1 aromatic rings. The summed E-state index contributed by atoms with van der Waals surface area (Å²) in [5.74, 6) is 5.69. The molecule has 0 aliphatic carbocycles. The van der Waals surface area contributed by atoms with E-state index in [2.05, 4.69) is 17.9 Å². The monoisotopic (exact) mass is 284 g/mol. The topological polar surface area (TPSA) is 64.3 Å². The van der Waals surface area contributed by atoms with E-state index in [-0.39, 0.29) is 12.5 Å². The molecule has 0 saturated heterocycles. The molecule has 0 aromatic heterocycles. The van der Waals surface area contributed by atoms with Crippen LogP contribution in [0.15, 0.2) is 18.2 Å². The van der Waals surface area contributed by atoms with E-state index >= 15 is 0 Å². The molecule has 0 radical (unpaired) electrons. The lowest BCUT2D eigenvalue weighted by Gasteiger charge is -2.20. The number of nitrogens with zero attached hydrogens (tertiary/aromatic N) is 2. The van der Waals surface area contributed by atoms with Gasteiger partial charge >= 0.3 is 0 Å². The van der Waals surface area contributed by atoms with Gasteiger partial charge in [0.05, 0.1) is 24.7 Å². The van der Waals surface area contributed by atoms with Crippen molar-refractivity contribution in [3.8, 4) is 17.9 Å². The third kappa shape index (κ3) is 4.95. The molecule has 1 N–H and O–H groups in total. The molecule has 4 heteroatoms. The highest BCUT2D eigenvalue weighted by molar-refractivity contribution is 5.96. The Hall–Kier alpha value is -2.30. The Labute approximate surface area is 126 Å². The Morgan fingerprint density at radius 1 is 1.38 bits per heavy atom. The van der Waals surface area contributed by atoms with E-state index in [4.69, 9.17) is 10.4 Å². The number of hydrogen-bond acceptors (Lipinski definition) is 3. The second kappa shape index (κ2) is 8.79. The van der Waals surface area contributed by atoms with E-state index in [1.54, 1.807) is 11.0 Å². The summed E-state index contributed by atoms with van der Waals surface area (Å²) in [5.41, 5.74) is 2.25. The van der Waals surface area contributed by atoms with Crippen molar-refractivity contribution in [2.45, 2.75) is 26.7 Å². The van der Waals surface area contributed by atoms with E-state index in [1.807, 2.05) is 26.0 Å². The average Bonchev–Trinajstić information content (AvgIpc) is 2.48. The molecule has 0 spiro atoms. The van der Waals surface area contributed by atoms with Gasteiger partial charge < -0.3 is 10.0 Å². The highest BCUT2D eigenvalue weighted by atomic mass is 16.2. The lowest BCUT2D eigenvalue weighted by molar-refractivity contribution is 0.0767. The fourth-order valence-electron chi connectivity index (χ4n) is 1.92. The van der Waals surface area contributed by atoms with Crippen molar-refractivity contribution in [2.24, 2.45) is 0 Å². The van der Waals surface area contributed by atoms with Gasteiger partial charge in [-0.25, -0.2) is 0 Å². The number of hydrogen-bond donors (Lipinski definition) is 1. The van der Waals surface area contributed by atoms with Gasteiger partial charge in [-0.2, -0.15) is 5.26 Å². The quantitative estimate of drug-likeness (QED) is 0.842. The summed E-state index contributed by atoms with van der Waals surface area (Å²) in [6.45, 7) is 4.81. The highest BCUT2D eigenvalue weighted by Crippen LogP contribution is 2.14. The highest BCUT2D eigenvalue weighted by Gasteiger charge is 2.16. The van der Waals surface area contributed by atoms with Crippen molar-refractivity contribution in [2.75, 3.05) is 19.7 Å². The Kier molecular flexibility index (Phi) is 7.01. The van der Waals surface area contributed by atoms with Crippen molar-refractivity contribution in [3.05, 3.63) is 34.9 Å². The third-order valence-electron chi connectivity index (χ3n) is 3.03. The van der Waals surface area contributed by atoms with Crippen LogP contribution >= 0.6 is 0 Å². The predicted molar refractivity (Wildman–Crippen MR) is 81.6 cm³/mol. The standard InChI is InChI=1S/C17H20N2O2/c1-3-19(11-6-10-18)17(21)16-9-8-14(2)13-15(16)7-4-5-12-20/h8-9,13,20H,3,5-6,11-12H2,1-2H3. The number of benzene rings is 1. The van der Waals surface area contributed by atoms with E-state index in [9.17, 15) is 4.79 Å². The first kappa shape index (κ1) is 16.8. The zero-order valence-electron chi connectivity index (χ0n) is 12.5. The van der Waals surface area contributed by atoms with Gasteiger partial charge in [0.1, 0.15) is 0 Å². The largest absolute Gasteiger partial charge is 0.395 e. The number of carbonyl (C=O) groups excluding carboxylic acids is 1. The minimum atomic E-state index is -0.110. The summed E-state index contributed by atoms with van der Waals surface area (Å²) < 4.78 is 0. The molecule has 0 bridgehead atoms. The van der Waals surface area contributed by atoms with Crippen molar-refractivity contribution in [1.29, 1.82) is 5.26 Å². The number of nitriles is 1. The molecule has 0 aliphatic rings. The lowest BCUT2D eigenvalue weighted by atomic mass is 10.0. The zero-order chi connectivity index (χ0) is 15.7. The fourth-order valence-corrected chi connectivity index (χ4v) is 1.92. The van der Waals surface area contributed by atoms with Crippen molar-refractivity contribution >= 4 is 5.91 Å². The summed E-state index contributed by atoms with van der Waals surface area (Å²) in [5, 5.41) is 17.5. The summed E-state index contributed by atoms with van der Waals surface area (Å²) in [6.07, 6.45) is 0.699. The zero-order valence-corrected chi connectivity index (χ0v) is 12.5. The van der Waals surface area contributed by atoms with E-state index in [0.29, 0.717) is 37.1 Å². The van der Waals surface area contributed by atoms with E-state index in [0.717, 1.165) is 5.56 Å². The van der Waals surface area contributed by atoms with Gasteiger partial charge in [-0.15, -0.1) is 0 Å². The van der Waals surface area contributed by atoms with Crippen LogP contribution in [-0.4, -0.2) is 35.6 Å². The summed E-state index contributed by atoms with van der Waals surface area (Å²) in [4.78, 5) is 14.2. The van der Waals surface area contributed by atoms with Gasteiger partial charge in [-0.1, -0.05) is 17.9 Å². The van der Waals surface area contributed by atoms with Crippen molar-refractivity contribution in [3.63, 3.8) is 0 Å². The van der Waals surface area contributed by atoms with Crippen LogP contribution < -0.4 is 0 Å². The first-order valence-electron chi connectivity index (χ1n) is 7.00. The van der Waals surface area contributed by atoms with Crippen LogP contribution in [0.2, 0.25) is 0 Å². The van der Waals surface area contributed by atoms with Gasteiger partial charge in [0.25, 0.3) is 5.91 Å². The normalized spacial score (nSPS) is 9.43. The number of carbonyl (C=O) groups is 1. The molecule has 4 nitrogen and oxygen atoms in total.